The van der Waals surface area contributed by atoms with Gasteiger partial charge in [0.2, 0.25) is 0 Å². The van der Waals surface area contributed by atoms with E-state index in [1.807, 2.05) is 0 Å². The number of anilines is 1. The zero-order chi connectivity index (χ0) is 12.4. The Morgan fingerprint density at radius 3 is 2.94 bits per heavy atom. The van der Waals surface area contributed by atoms with Crippen molar-refractivity contribution in [3.63, 3.8) is 0 Å². The number of hydrogen-bond acceptors (Lipinski definition) is 5. The van der Waals surface area contributed by atoms with Crippen molar-refractivity contribution in [2.45, 2.75) is 0 Å². The fraction of sp³-hybridized carbons (Fsp3) is 0.100. The Morgan fingerprint density at radius 2 is 2.24 bits per heavy atom. The van der Waals surface area contributed by atoms with Gasteiger partial charge in [0, 0.05) is 5.56 Å². The van der Waals surface area contributed by atoms with Gasteiger partial charge in [0.1, 0.15) is 6.54 Å². The van der Waals surface area contributed by atoms with Crippen molar-refractivity contribution in [1.82, 2.24) is 10.3 Å². The van der Waals surface area contributed by atoms with Crippen LogP contribution in [0, 0.1) is 0 Å². The summed E-state index contributed by atoms with van der Waals surface area (Å²) in [6.45, 7) is -0.401. The van der Waals surface area contributed by atoms with E-state index in [0.717, 1.165) is 10.2 Å². The van der Waals surface area contributed by atoms with Crippen molar-refractivity contribution in [2.24, 2.45) is 0 Å². The molecule has 17 heavy (non-hydrogen) atoms. The number of nitrogens with two attached hydrogens (primary N) is 1. The molecule has 0 saturated heterocycles. The molecule has 0 saturated carbocycles. The van der Waals surface area contributed by atoms with E-state index in [0.29, 0.717) is 10.7 Å². The molecule has 0 radical (unpaired) electrons. The van der Waals surface area contributed by atoms with Gasteiger partial charge in [-0.3, -0.25) is 9.59 Å². The number of aliphatic carboxylic acids is 1. The van der Waals surface area contributed by atoms with Crippen molar-refractivity contribution in [3.05, 3.63) is 23.8 Å². The first-order chi connectivity index (χ1) is 8.06. The molecule has 0 aliphatic carbocycles. The van der Waals surface area contributed by atoms with Gasteiger partial charge in [0.05, 0.1) is 10.2 Å². The molecule has 0 spiro atoms. The van der Waals surface area contributed by atoms with Gasteiger partial charge < -0.3 is 16.2 Å². The number of amides is 1. The lowest BCUT2D eigenvalue weighted by atomic mass is 10.2. The maximum atomic E-state index is 11.6. The molecule has 0 aliphatic rings. The Bertz CT molecular complexity index is 593. The molecule has 6 nitrogen and oxygen atoms in total. The predicted molar refractivity (Wildman–Crippen MR) is 64.0 cm³/mol. The summed E-state index contributed by atoms with van der Waals surface area (Å²) >= 11 is 1.28. The monoisotopic (exact) mass is 251 g/mol. The Hall–Kier alpha value is -2.15. The fourth-order valence-electron chi connectivity index (χ4n) is 1.34. The molecule has 1 heterocycles. The van der Waals surface area contributed by atoms with E-state index < -0.39 is 18.4 Å². The van der Waals surface area contributed by atoms with Crippen LogP contribution in [-0.2, 0) is 4.79 Å². The van der Waals surface area contributed by atoms with E-state index in [4.69, 9.17) is 10.8 Å². The molecule has 1 amide bonds. The molecular formula is C10H9N3O3S. The number of aromatic nitrogens is 1. The van der Waals surface area contributed by atoms with E-state index in [2.05, 4.69) is 10.3 Å². The van der Waals surface area contributed by atoms with Crippen LogP contribution >= 0.6 is 11.3 Å². The van der Waals surface area contributed by atoms with Crippen LogP contribution in [0.3, 0.4) is 0 Å². The van der Waals surface area contributed by atoms with Crippen LogP contribution in [0.15, 0.2) is 18.2 Å². The molecular weight excluding hydrogens is 242 g/mol. The topological polar surface area (TPSA) is 105 Å². The number of carbonyl (C=O) groups excluding carboxylic acids is 1. The predicted octanol–water partition coefficient (Wildman–Crippen LogP) is 0.693. The number of rotatable bonds is 3. The number of carboxylic acids is 1. The lowest BCUT2D eigenvalue weighted by molar-refractivity contribution is -0.135. The lowest BCUT2D eigenvalue weighted by Gasteiger charge is -2.01. The molecule has 88 valence electrons. The molecule has 0 bridgehead atoms. The molecule has 1 aromatic carbocycles. The van der Waals surface area contributed by atoms with Crippen molar-refractivity contribution < 1.29 is 14.7 Å². The Labute approximate surface area is 100 Å². The van der Waals surface area contributed by atoms with Crippen LogP contribution < -0.4 is 11.1 Å². The van der Waals surface area contributed by atoms with Gasteiger partial charge >= 0.3 is 5.97 Å². The summed E-state index contributed by atoms with van der Waals surface area (Å²) in [7, 11) is 0. The summed E-state index contributed by atoms with van der Waals surface area (Å²) < 4.78 is 0.797. The molecule has 0 fully saturated rings. The van der Waals surface area contributed by atoms with Crippen molar-refractivity contribution in [3.8, 4) is 0 Å². The standard InChI is InChI=1S/C10H9N3O3S/c11-10-13-6-2-1-5(3-7(6)17-10)9(16)12-4-8(14)15/h1-3H,4H2,(H2,11,13)(H,12,16)(H,14,15). The minimum atomic E-state index is -1.08. The average molecular weight is 251 g/mol. The number of carbonyl (C=O) groups is 2. The van der Waals surface area contributed by atoms with E-state index in [1.54, 1.807) is 18.2 Å². The maximum absolute atomic E-state index is 11.6. The summed E-state index contributed by atoms with van der Waals surface area (Å²) in [5, 5.41) is 11.2. The molecule has 1 aromatic heterocycles. The van der Waals surface area contributed by atoms with Crippen LogP contribution in [0.4, 0.5) is 5.13 Å². The van der Waals surface area contributed by atoms with E-state index in [1.165, 1.54) is 11.3 Å². The quantitative estimate of drug-likeness (QED) is 0.744. The van der Waals surface area contributed by atoms with Gasteiger partial charge in [0.25, 0.3) is 5.91 Å². The number of nitrogens with one attached hydrogen (secondary N) is 1. The zero-order valence-corrected chi connectivity index (χ0v) is 9.45. The Balaban J connectivity index is 2.23. The smallest absolute Gasteiger partial charge is 0.322 e. The normalized spacial score (nSPS) is 10.4. The summed E-state index contributed by atoms with van der Waals surface area (Å²) in [5.41, 5.74) is 6.66. The molecule has 4 N–H and O–H groups in total. The molecule has 0 atom stereocenters. The highest BCUT2D eigenvalue weighted by atomic mass is 32.1. The van der Waals surface area contributed by atoms with Crippen LogP contribution in [0.5, 0.6) is 0 Å². The van der Waals surface area contributed by atoms with Crippen molar-refractivity contribution in [1.29, 1.82) is 0 Å². The van der Waals surface area contributed by atoms with Crippen molar-refractivity contribution in [2.75, 3.05) is 12.3 Å². The average Bonchev–Trinajstić information content (AvgIpc) is 2.64. The second-order valence-electron chi connectivity index (χ2n) is 3.31. The minimum Gasteiger partial charge on any atom is -0.480 e. The first kappa shape index (κ1) is 11.3. The molecule has 7 heteroatoms. The number of thiazole rings is 1. The Morgan fingerprint density at radius 1 is 1.47 bits per heavy atom. The van der Waals surface area contributed by atoms with Gasteiger partial charge in [-0.15, -0.1) is 0 Å². The second kappa shape index (κ2) is 4.38. The van der Waals surface area contributed by atoms with Crippen LogP contribution in [0.2, 0.25) is 0 Å². The summed E-state index contributed by atoms with van der Waals surface area (Å²) in [6.07, 6.45) is 0. The number of benzene rings is 1. The van der Waals surface area contributed by atoms with Gasteiger partial charge in [-0.25, -0.2) is 4.98 Å². The van der Waals surface area contributed by atoms with Gasteiger partial charge in [0.15, 0.2) is 5.13 Å². The molecule has 0 unspecified atom stereocenters. The highest BCUT2D eigenvalue weighted by Crippen LogP contribution is 2.24. The zero-order valence-electron chi connectivity index (χ0n) is 8.64. The third-order valence-electron chi connectivity index (χ3n) is 2.07. The Kier molecular flexibility index (Phi) is 2.92. The minimum absolute atomic E-state index is 0.391. The van der Waals surface area contributed by atoms with Crippen LogP contribution in [0.1, 0.15) is 10.4 Å². The SMILES string of the molecule is Nc1nc2ccc(C(=O)NCC(=O)O)cc2s1. The third-order valence-corrected chi connectivity index (χ3v) is 2.91. The highest BCUT2D eigenvalue weighted by molar-refractivity contribution is 7.22. The number of fused-ring (bicyclic) bond motifs is 1. The first-order valence-corrected chi connectivity index (χ1v) is 5.54. The second-order valence-corrected chi connectivity index (χ2v) is 4.37. The van der Waals surface area contributed by atoms with Gasteiger partial charge in [-0.2, -0.15) is 0 Å². The summed E-state index contributed by atoms with van der Waals surface area (Å²) in [5.74, 6) is -1.51. The van der Waals surface area contributed by atoms with Crippen molar-refractivity contribution >= 4 is 38.6 Å². The molecule has 0 aliphatic heterocycles. The van der Waals surface area contributed by atoms with E-state index in [9.17, 15) is 9.59 Å². The van der Waals surface area contributed by atoms with Crippen LogP contribution in [-0.4, -0.2) is 28.5 Å². The maximum Gasteiger partial charge on any atom is 0.322 e. The highest BCUT2D eigenvalue weighted by Gasteiger charge is 2.09. The van der Waals surface area contributed by atoms with Gasteiger partial charge in [-0.1, -0.05) is 11.3 Å². The van der Waals surface area contributed by atoms with Crippen LogP contribution in [0.25, 0.3) is 10.2 Å². The molecule has 2 rings (SSSR count). The number of nitrogen functional groups attached to an aromatic ring is 1. The number of nitrogens with zero attached hydrogens (tertiary/aromatic N) is 1. The molecule has 2 aromatic rings. The third kappa shape index (κ3) is 2.51. The number of carboxylic acid groups (broad SMARTS) is 1. The van der Waals surface area contributed by atoms with E-state index in [-0.39, 0.29) is 0 Å². The fourth-order valence-corrected chi connectivity index (χ4v) is 2.12. The first-order valence-electron chi connectivity index (χ1n) is 4.72. The van der Waals surface area contributed by atoms with Gasteiger partial charge in [-0.05, 0) is 18.2 Å². The summed E-state index contributed by atoms with van der Waals surface area (Å²) in [4.78, 5) is 25.9. The summed E-state index contributed by atoms with van der Waals surface area (Å²) in [6, 6.07) is 4.90. The largest absolute Gasteiger partial charge is 0.480 e. The number of hydrogen-bond donors (Lipinski definition) is 3. The lowest BCUT2D eigenvalue weighted by Crippen LogP contribution is -2.29. The van der Waals surface area contributed by atoms with E-state index >= 15 is 0 Å².